The molecule has 0 unspecified atom stereocenters. The molecule has 3 heterocycles. The Labute approximate surface area is 164 Å². The Morgan fingerprint density at radius 3 is 2.52 bits per heavy atom. The highest BCUT2D eigenvalue weighted by atomic mass is 35.5. The van der Waals surface area contributed by atoms with E-state index < -0.39 is 15.8 Å². The molecule has 1 aromatic carbocycles. The van der Waals surface area contributed by atoms with Crippen molar-refractivity contribution < 1.29 is 12.8 Å². The Kier molecular flexibility index (Phi) is 5.55. The highest BCUT2D eigenvalue weighted by Gasteiger charge is 2.26. The Morgan fingerprint density at radius 1 is 1.19 bits per heavy atom. The third-order valence-electron chi connectivity index (χ3n) is 4.96. The molecule has 0 radical (unpaired) electrons. The molecule has 3 aromatic rings. The molecule has 0 bridgehead atoms. The van der Waals surface area contributed by atoms with Gasteiger partial charge in [0, 0.05) is 17.8 Å². The van der Waals surface area contributed by atoms with Crippen molar-refractivity contribution in [3.63, 3.8) is 0 Å². The first kappa shape index (κ1) is 19.8. The first-order valence-corrected chi connectivity index (χ1v) is 10.1. The van der Waals surface area contributed by atoms with Gasteiger partial charge in [0.2, 0.25) is 0 Å². The highest BCUT2D eigenvalue weighted by Crippen LogP contribution is 2.34. The number of hydrogen-bond donors (Lipinski definition) is 1. The van der Waals surface area contributed by atoms with Crippen molar-refractivity contribution in [3.8, 4) is 0 Å². The average Bonchev–Trinajstić information content (AvgIpc) is 3.02. The van der Waals surface area contributed by atoms with Crippen LogP contribution in [0.3, 0.4) is 0 Å². The second kappa shape index (κ2) is 7.58. The monoisotopic (exact) mass is 409 g/mol. The largest absolute Gasteiger partial charge is 0.317 e. The van der Waals surface area contributed by atoms with Crippen LogP contribution in [0.4, 0.5) is 4.39 Å². The summed E-state index contributed by atoms with van der Waals surface area (Å²) in [6, 6.07) is 7.91. The molecule has 0 amide bonds. The van der Waals surface area contributed by atoms with Crippen molar-refractivity contribution in [1.82, 2.24) is 14.3 Å². The van der Waals surface area contributed by atoms with Crippen LogP contribution in [0.15, 0.2) is 47.6 Å². The molecule has 1 N–H and O–H groups in total. The molecule has 4 rings (SSSR count). The van der Waals surface area contributed by atoms with Gasteiger partial charge >= 0.3 is 0 Å². The molecule has 1 aliphatic heterocycles. The highest BCUT2D eigenvalue weighted by molar-refractivity contribution is 7.90. The van der Waals surface area contributed by atoms with Gasteiger partial charge in [-0.05, 0) is 50.9 Å². The number of nitrogens with zero attached hydrogens (tertiary/aromatic N) is 2. The van der Waals surface area contributed by atoms with Gasteiger partial charge in [0.05, 0.1) is 22.1 Å². The van der Waals surface area contributed by atoms with Gasteiger partial charge in [-0.1, -0.05) is 17.7 Å². The van der Waals surface area contributed by atoms with Gasteiger partial charge in [-0.2, -0.15) is 0 Å². The zero-order chi connectivity index (χ0) is 18.3. The number of nitrogens with one attached hydrogen (secondary N) is 1. The minimum atomic E-state index is -3.82. The molecule has 1 fully saturated rings. The second-order valence-corrected chi connectivity index (χ2v) is 8.56. The third kappa shape index (κ3) is 3.59. The molecule has 144 valence electrons. The summed E-state index contributed by atoms with van der Waals surface area (Å²) in [6.07, 6.45) is 4.59. The molecule has 5 nitrogen and oxygen atoms in total. The fraction of sp³-hybridized carbons (Fsp3) is 0.316. The van der Waals surface area contributed by atoms with Crippen LogP contribution in [-0.2, 0) is 10.0 Å². The summed E-state index contributed by atoms with van der Waals surface area (Å²) >= 11 is 0. The number of piperidine rings is 1. The predicted molar refractivity (Wildman–Crippen MR) is 106 cm³/mol. The average molecular weight is 410 g/mol. The van der Waals surface area contributed by atoms with Crippen LogP contribution in [0.5, 0.6) is 0 Å². The maximum atomic E-state index is 13.8. The molecule has 1 aliphatic rings. The summed E-state index contributed by atoms with van der Waals surface area (Å²) < 4.78 is 41.3. The van der Waals surface area contributed by atoms with E-state index in [1.54, 1.807) is 30.5 Å². The molecular weight excluding hydrogens is 389 g/mol. The van der Waals surface area contributed by atoms with Gasteiger partial charge < -0.3 is 5.32 Å². The molecule has 0 spiro atoms. The van der Waals surface area contributed by atoms with Crippen LogP contribution in [0.25, 0.3) is 11.0 Å². The normalized spacial score (nSPS) is 15.6. The van der Waals surface area contributed by atoms with Crippen molar-refractivity contribution in [2.45, 2.75) is 30.6 Å². The molecule has 8 heteroatoms. The van der Waals surface area contributed by atoms with Gasteiger partial charge in [0.1, 0.15) is 5.82 Å². The van der Waals surface area contributed by atoms with E-state index in [1.807, 2.05) is 6.92 Å². The molecular formula is C19H21ClFN3O2S. The molecule has 2 aromatic heterocycles. The minimum absolute atomic E-state index is 0. The zero-order valence-corrected chi connectivity index (χ0v) is 16.5. The van der Waals surface area contributed by atoms with Crippen LogP contribution in [0.2, 0.25) is 0 Å². The lowest BCUT2D eigenvalue weighted by atomic mass is 9.91. The Hall–Kier alpha value is -1.96. The lowest BCUT2D eigenvalue weighted by molar-refractivity contribution is 0.462. The van der Waals surface area contributed by atoms with Gasteiger partial charge in [0.25, 0.3) is 10.0 Å². The van der Waals surface area contributed by atoms with E-state index in [9.17, 15) is 12.8 Å². The van der Waals surface area contributed by atoms with Gasteiger partial charge in [-0.3, -0.25) is 4.98 Å². The zero-order valence-electron chi connectivity index (χ0n) is 14.9. The van der Waals surface area contributed by atoms with Crippen LogP contribution < -0.4 is 5.32 Å². The van der Waals surface area contributed by atoms with Crippen molar-refractivity contribution >= 4 is 33.5 Å². The SMILES string of the molecule is Cc1ccc(S(=O)(=O)n2cc(C3CCNCC3)c3ncc(F)cc32)cc1.Cl. The lowest BCUT2D eigenvalue weighted by Gasteiger charge is -2.21. The number of aryl methyl sites for hydroxylation is 1. The number of rotatable bonds is 3. The molecule has 27 heavy (non-hydrogen) atoms. The summed E-state index contributed by atoms with van der Waals surface area (Å²) in [4.78, 5) is 4.40. The number of aromatic nitrogens is 2. The van der Waals surface area contributed by atoms with Crippen molar-refractivity contribution in [2.24, 2.45) is 0 Å². The van der Waals surface area contributed by atoms with Gasteiger partial charge in [-0.15, -0.1) is 12.4 Å². The van der Waals surface area contributed by atoms with E-state index >= 15 is 0 Å². The standard InChI is InChI=1S/C19H20FN3O2S.ClH/c1-13-2-4-16(5-3-13)26(24,25)23-12-17(14-6-8-21-9-7-14)19-18(23)10-15(20)11-22-19;/h2-5,10-12,14,21H,6-9H2,1H3;1H. The van der Waals surface area contributed by atoms with Crippen LogP contribution in [0.1, 0.15) is 29.9 Å². The fourth-order valence-electron chi connectivity index (χ4n) is 3.53. The maximum absolute atomic E-state index is 13.8. The smallest absolute Gasteiger partial charge is 0.268 e. The summed E-state index contributed by atoms with van der Waals surface area (Å²) in [5.41, 5.74) is 2.70. The van der Waals surface area contributed by atoms with Gasteiger partial charge in [0.15, 0.2) is 0 Å². The van der Waals surface area contributed by atoms with E-state index in [-0.39, 0.29) is 23.2 Å². The predicted octanol–water partition coefficient (Wildman–Crippen LogP) is 3.61. The summed E-state index contributed by atoms with van der Waals surface area (Å²) in [5.74, 6) is -0.334. The Morgan fingerprint density at radius 2 is 1.85 bits per heavy atom. The molecule has 0 atom stereocenters. The summed E-state index contributed by atoms with van der Waals surface area (Å²) in [5, 5.41) is 3.30. The van der Waals surface area contributed by atoms with E-state index in [1.165, 1.54) is 10.0 Å². The third-order valence-corrected chi connectivity index (χ3v) is 6.65. The number of fused-ring (bicyclic) bond motifs is 1. The topological polar surface area (TPSA) is 64.0 Å². The maximum Gasteiger partial charge on any atom is 0.268 e. The number of pyridine rings is 1. The first-order chi connectivity index (χ1) is 12.5. The number of halogens is 2. The minimum Gasteiger partial charge on any atom is -0.317 e. The summed E-state index contributed by atoms with van der Waals surface area (Å²) in [6.45, 7) is 3.66. The van der Waals surface area contributed by atoms with Crippen LogP contribution >= 0.6 is 12.4 Å². The van der Waals surface area contributed by atoms with Crippen molar-refractivity contribution in [1.29, 1.82) is 0 Å². The van der Waals surface area contributed by atoms with Crippen molar-refractivity contribution in [2.75, 3.05) is 13.1 Å². The molecule has 1 saturated heterocycles. The van der Waals surface area contributed by atoms with E-state index in [0.29, 0.717) is 11.0 Å². The second-order valence-electron chi connectivity index (χ2n) is 6.74. The van der Waals surface area contributed by atoms with Crippen LogP contribution in [0, 0.1) is 12.7 Å². The Balaban J connectivity index is 0.00000210. The Bertz CT molecular complexity index is 1060. The quantitative estimate of drug-likeness (QED) is 0.717. The first-order valence-electron chi connectivity index (χ1n) is 8.66. The lowest BCUT2D eigenvalue weighted by Crippen LogP contribution is -2.26. The number of hydrogen-bond acceptors (Lipinski definition) is 4. The van der Waals surface area contributed by atoms with E-state index in [4.69, 9.17) is 0 Å². The van der Waals surface area contributed by atoms with Crippen LogP contribution in [-0.4, -0.2) is 30.5 Å². The van der Waals surface area contributed by atoms with E-state index in [2.05, 4.69) is 10.3 Å². The molecule has 0 aliphatic carbocycles. The summed E-state index contributed by atoms with van der Waals surface area (Å²) in [7, 11) is -3.82. The van der Waals surface area contributed by atoms with Crippen molar-refractivity contribution in [3.05, 3.63) is 59.7 Å². The fourth-order valence-corrected chi connectivity index (χ4v) is 4.89. The molecule has 0 saturated carbocycles. The van der Waals surface area contributed by atoms with E-state index in [0.717, 1.165) is 43.3 Å². The van der Waals surface area contributed by atoms with Gasteiger partial charge in [-0.25, -0.2) is 16.8 Å². The number of benzene rings is 1.